The van der Waals surface area contributed by atoms with E-state index in [4.69, 9.17) is 4.74 Å². The van der Waals surface area contributed by atoms with Crippen molar-refractivity contribution >= 4 is 0 Å². The van der Waals surface area contributed by atoms with Gasteiger partial charge in [-0.2, -0.15) is 0 Å². The summed E-state index contributed by atoms with van der Waals surface area (Å²) >= 11 is 0. The first-order valence-electron chi connectivity index (χ1n) is 8.47. The highest BCUT2D eigenvalue weighted by molar-refractivity contribution is 5.46. The van der Waals surface area contributed by atoms with Crippen LogP contribution in [0.1, 0.15) is 29.4 Å². The lowest BCUT2D eigenvalue weighted by Gasteiger charge is -2.12. The molecule has 0 aliphatic heterocycles. The molecule has 0 amide bonds. The van der Waals surface area contributed by atoms with Gasteiger partial charge in [0, 0.05) is 30.9 Å². The van der Waals surface area contributed by atoms with Gasteiger partial charge < -0.3 is 9.47 Å². The minimum Gasteiger partial charge on any atom is -0.497 e. The number of methoxy groups -OCH3 is 1. The van der Waals surface area contributed by atoms with Crippen molar-refractivity contribution in [1.82, 2.24) is 19.9 Å². The van der Waals surface area contributed by atoms with Gasteiger partial charge in [0.05, 0.1) is 7.11 Å². The molecule has 0 N–H and O–H groups in total. The molecule has 9 heteroatoms. The van der Waals surface area contributed by atoms with Gasteiger partial charge >= 0.3 is 6.36 Å². The predicted octanol–water partition coefficient (Wildman–Crippen LogP) is 4.11. The Kier molecular flexibility index (Phi) is 4.58. The lowest BCUT2D eigenvalue weighted by Crippen LogP contribution is -2.17. The highest BCUT2D eigenvalue weighted by Gasteiger charge is 2.41. The second-order valence-electron chi connectivity index (χ2n) is 6.35. The number of hydrogen-bond donors (Lipinski definition) is 0. The molecule has 0 spiro atoms. The van der Waals surface area contributed by atoms with E-state index in [0.29, 0.717) is 17.4 Å². The van der Waals surface area contributed by atoms with Crippen LogP contribution in [0.5, 0.6) is 11.5 Å². The summed E-state index contributed by atoms with van der Waals surface area (Å²) in [5.74, 6) is 1.05. The molecule has 1 aliphatic rings. The van der Waals surface area contributed by atoms with Crippen LogP contribution in [-0.2, 0) is 0 Å². The van der Waals surface area contributed by atoms with Crippen molar-refractivity contribution in [1.29, 1.82) is 0 Å². The Labute approximate surface area is 158 Å². The van der Waals surface area contributed by atoms with Crippen LogP contribution in [-0.4, -0.2) is 33.4 Å². The average molecular weight is 388 g/mol. The SMILES string of the molecule is COc1cc(OC(F)(F)F)cc(C2CC2c2cnc(-c3ncccn3)nc2)c1. The predicted molar refractivity (Wildman–Crippen MR) is 92.8 cm³/mol. The fraction of sp³-hybridized carbons (Fsp3) is 0.263. The zero-order valence-electron chi connectivity index (χ0n) is 14.7. The normalized spacial score (nSPS) is 18.6. The van der Waals surface area contributed by atoms with Crippen LogP contribution in [0.4, 0.5) is 13.2 Å². The molecule has 6 nitrogen and oxygen atoms in total. The second kappa shape index (κ2) is 7.06. The maximum Gasteiger partial charge on any atom is 0.573 e. The van der Waals surface area contributed by atoms with Gasteiger partial charge in [0.2, 0.25) is 0 Å². The lowest BCUT2D eigenvalue weighted by molar-refractivity contribution is -0.274. The van der Waals surface area contributed by atoms with E-state index in [1.165, 1.54) is 19.2 Å². The average Bonchev–Trinajstić information content (AvgIpc) is 3.48. The van der Waals surface area contributed by atoms with Crippen LogP contribution in [0.15, 0.2) is 49.1 Å². The Morgan fingerprint density at radius 2 is 1.46 bits per heavy atom. The molecular formula is C19H15F3N4O2. The fourth-order valence-corrected chi connectivity index (χ4v) is 3.11. The van der Waals surface area contributed by atoms with Gasteiger partial charge in [0.25, 0.3) is 0 Å². The Morgan fingerprint density at radius 1 is 0.857 bits per heavy atom. The zero-order valence-corrected chi connectivity index (χ0v) is 14.7. The number of halogens is 3. The standard InChI is InChI=1S/C19H15F3N4O2/c1-27-13-5-11(6-14(7-13)28-19(20,21)22)15-8-16(15)12-9-25-18(26-10-12)17-23-3-2-4-24-17/h2-7,9-10,15-16H,8H2,1H3. The summed E-state index contributed by atoms with van der Waals surface area (Å²) in [6, 6.07) is 6.04. The first-order chi connectivity index (χ1) is 13.4. The molecule has 2 unspecified atom stereocenters. The molecule has 0 radical (unpaired) electrons. The molecule has 0 bridgehead atoms. The van der Waals surface area contributed by atoms with Crippen molar-refractivity contribution in [3.8, 4) is 23.1 Å². The Balaban J connectivity index is 1.53. The van der Waals surface area contributed by atoms with Crippen LogP contribution < -0.4 is 9.47 Å². The first kappa shape index (κ1) is 18.1. The minimum atomic E-state index is -4.75. The highest BCUT2D eigenvalue weighted by Crippen LogP contribution is 2.55. The van der Waals surface area contributed by atoms with Gasteiger partial charge in [-0.25, -0.2) is 19.9 Å². The smallest absolute Gasteiger partial charge is 0.497 e. The Bertz CT molecular complexity index is 965. The van der Waals surface area contributed by atoms with Gasteiger partial charge in [-0.3, -0.25) is 0 Å². The van der Waals surface area contributed by atoms with Crippen LogP contribution in [0.2, 0.25) is 0 Å². The Hall–Kier alpha value is -3.23. The van der Waals surface area contributed by atoms with Gasteiger partial charge in [-0.1, -0.05) is 0 Å². The summed E-state index contributed by atoms with van der Waals surface area (Å²) in [6.45, 7) is 0. The third-order valence-electron chi connectivity index (χ3n) is 4.46. The maximum atomic E-state index is 12.6. The summed E-state index contributed by atoms with van der Waals surface area (Å²) in [5.41, 5.74) is 1.63. The van der Waals surface area contributed by atoms with E-state index in [1.807, 2.05) is 0 Å². The summed E-state index contributed by atoms with van der Waals surface area (Å²) in [4.78, 5) is 16.8. The minimum absolute atomic E-state index is 0.0492. The lowest BCUT2D eigenvalue weighted by atomic mass is 10.1. The number of rotatable bonds is 5. The summed E-state index contributed by atoms with van der Waals surface area (Å²) in [7, 11) is 1.40. The molecule has 1 saturated carbocycles. The molecule has 4 rings (SSSR count). The number of benzene rings is 1. The van der Waals surface area contributed by atoms with Crippen molar-refractivity contribution in [2.75, 3.05) is 7.11 Å². The Morgan fingerprint density at radius 3 is 2.11 bits per heavy atom. The van der Waals surface area contributed by atoms with Gasteiger partial charge in [-0.05, 0) is 47.6 Å². The summed E-state index contributed by atoms with van der Waals surface area (Å²) < 4.78 is 46.8. The van der Waals surface area contributed by atoms with E-state index in [-0.39, 0.29) is 17.6 Å². The zero-order chi connectivity index (χ0) is 19.7. The van der Waals surface area contributed by atoms with Crippen LogP contribution in [0.25, 0.3) is 11.6 Å². The first-order valence-corrected chi connectivity index (χ1v) is 8.47. The number of alkyl halides is 3. The molecule has 144 valence electrons. The third kappa shape index (κ3) is 4.03. The quantitative estimate of drug-likeness (QED) is 0.655. The molecular weight excluding hydrogens is 373 g/mol. The molecule has 28 heavy (non-hydrogen) atoms. The van der Waals surface area contributed by atoms with Crippen molar-refractivity contribution in [2.45, 2.75) is 24.6 Å². The molecule has 0 saturated heterocycles. The van der Waals surface area contributed by atoms with E-state index in [1.54, 1.807) is 36.9 Å². The molecule has 2 heterocycles. The van der Waals surface area contributed by atoms with E-state index in [9.17, 15) is 13.2 Å². The van der Waals surface area contributed by atoms with Crippen molar-refractivity contribution < 1.29 is 22.6 Å². The summed E-state index contributed by atoms with van der Waals surface area (Å²) in [6.07, 6.45) is 2.66. The van der Waals surface area contributed by atoms with Crippen LogP contribution >= 0.6 is 0 Å². The monoisotopic (exact) mass is 388 g/mol. The highest BCUT2D eigenvalue weighted by atomic mass is 19.4. The van der Waals surface area contributed by atoms with E-state index in [2.05, 4.69) is 24.7 Å². The molecule has 1 fully saturated rings. The van der Waals surface area contributed by atoms with E-state index < -0.39 is 6.36 Å². The number of aromatic nitrogens is 4. The summed E-state index contributed by atoms with van der Waals surface area (Å²) in [5, 5.41) is 0. The van der Waals surface area contributed by atoms with Gasteiger partial charge in [-0.15, -0.1) is 13.2 Å². The largest absolute Gasteiger partial charge is 0.573 e. The van der Waals surface area contributed by atoms with E-state index >= 15 is 0 Å². The van der Waals surface area contributed by atoms with Crippen molar-refractivity contribution in [3.63, 3.8) is 0 Å². The van der Waals surface area contributed by atoms with E-state index in [0.717, 1.165) is 17.5 Å². The van der Waals surface area contributed by atoms with Crippen LogP contribution in [0.3, 0.4) is 0 Å². The second-order valence-corrected chi connectivity index (χ2v) is 6.35. The molecule has 3 aromatic rings. The molecule has 2 atom stereocenters. The third-order valence-corrected chi connectivity index (χ3v) is 4.46. The van der Waals surface area contributed by atoms with Gasteiger partial charge in [0.1, 0.15) is 11.5 Å². The number of hydrogen-bond acceptors (Lipinski definition) is 6. The van der Waals surface area contributed by atoms with Gasteiger partial charge in [0.15, 0.2) is 11.6 Å². The van der Waals surface area contributed by atoms with Crippen molar-refractivity contribution in [3.05, 3.63) is 60.2 Å². The molecule has 2 aromatic heterocycles. The van der Waals surface area contributed by atoms with Crippen molar-refractivity contribution in [2.24, 2.45) is 0 Å². The molecule has 1 aliphatic carbocycles. The number of ether oxygens (including phenoxy) is 2. The van der Waals surface area contributed by atoms with Crippen LogP contribution in [0, 0.1) is 0 Å². The molecule has 1 aromatic carbocycles. The fourth-order valence-electron chi connectivity index (χ4n) is 3.11. The number of nitrogens with zero attached hydrogens (tertiary/aromatic N) is 4. The maximum absolute atomic E-state index is 12.6. The topological polar surface area (TPSA) is 70.0 Å².